The van der Waals surface area contributed by atoms with Gasteiger partial charge >= 0.3 is 0 Å². The molecule has 1 fully saturated rings. The maximum atomic E-state index is 13.7. The average Bonchev–Trinajstić information content (AvgIpc) is 2.39. The van der Waals surface area contributed by atoms with E-state index in [0.717, 1.165) is 31.7 Å². The number of nitrogens with two attached hydrogens (primary N) is 1. The smallest absolute Gasteiger partial charge is 0.231 e. The van der Waals surface area contributed by atoms with Crippen molar-refractivity contribution in [3.8, 4) is 0 Å². The van der Waals surface area contributed by atoms with Crippen molar-refractivity contribution >= 4 is 5.91 Å². The molecule has 1 atom stereocenters. The molecule has 19 heavy (non-hydrogen) atoms. The molecule has 0 radical (unpaired) electrons. The Hall–Kier alpha value is -1.46. The average molecular weight is 265 g/mol. The second kappa shape index (κ2) is 6.12. The van der Waals surface area contributed by atoms with Crippen molar-refractivity contribution in [2.24, 2.45) is 5.73 Å². The molecule has 2 rings (SSSR count). The normalized spacial score (nSPS) is 19.3. The molecule has 1 amide bonds. The summed E-state index contributed by atoms with van der Waals surface area (Å²) in [7, 11) is 0. The molecule has 1 aromatic rings. The topological polar surface area (TPSA) is 49.6 Å². The summed E-state index contributed by atoms with van der Waals surface area (Å²) in [6, 6.07) is 6.94. The lowest BCUT2D eigenvalue weighted by atomic mass is 10.1. The Bertz CT molecular complexity index is 444. The first kappa shape index (κ1) is 14.0. The molecule has 1 heterocycles. The van der Waals surface area contributed by atoms with E-state index >= 15 is 0 Å². The Balaban J connectivity index is 1.94. The summed E-state index contributed by atoms with van der Waals surface area (Å²) >= 11 is 0. The minimum absolute atomic E-state index is 0.0527. The van der Waals surface area contributed by atoms with Gasteiger partial charge in [0.1, 0.15) is 5.82 Å². The van der Waals surface area contributed by atoms with E-state index in [4.69, 9.17) is 5.73 Å². The van der Waals surface area contributed by atoms with Crippen molar-refractivity contribution < 1.29 is 9.18 Å². The Morgan fingerprint density at radius 2 is 1.95 bits per heavy atom. The van der Waals surface area contributed by atoms with Crippen LogP contribution in [0.5, 0.6) is 0 Å². The lowest BCUT2D eigenvalue weighted by molar-refractivity contribution is -0.119. The summed E-state index contributed by atoms with van der Waals surface area (Å²) < 4.78 is 13.7. The number of halogens is 1. The number of benzene rings is 1. The number of amides is 1. The highest BCUT2D eigenvalue weighted by molar-refractivity contribution is 5.75. The fraction of sp³-hybridized carbons (Fsp3) is 0.500. The number of nitrogens with zero attached hydrogens (tertiary/aromatic N) is 2. The SMILES string of the molecule is CC(c1ccccc1F)N1CCN(CC(N)=O)CC1. The van der Waals surface area contributed by atoms with Gasteiger partial charge in [0.2, 0.25) is 5.91 Å². The van der Waals surface area contributed by atoms with Gasteiger partial charge in [-0.2, -0.15) is 0 Å². The minimum Gasteiger partial charge on any atom is -0.369 e. The molecule has 0 bridgehead atoms. The van der Waals surface area contributed by atoms with Crippen molar-refractivity contribution in [1.82, 2.24) is 9.80 Å². The van der Waals surface area contributed by atoms with E-state index in [2.05, 4.69) is 4.90 Å². The summed E-state index contributed by atoms with van der Waals surface area (Å²) in [5.74, 6) is -0.454. The molecule has 1 aliphatic rings. The molecule has 1 aliphatic heterocycles. The Kier molecular flexibility index (Phi) is 4.50. The van der Waals surface area contributed by atoms with Crippen LogP contribution in [0.4, 0.5) is 4.39 Å². The standard InChI is InChI=1S/C14H20FN3O/c1-11(12-4-2-3-5-13(12)15)18-8-6-17(7-9-18)10-14(16)19/h2-5,11H,6-10H2,1H3,(H2,16,19). The summed E-state index contributed by atoms with van der Waals surface area (Å²) in [5.41, 5.74) is 5.91. The number of primary amides is 1. The fourth-order valence-corrected chi connectivity index (χ4v) is 2.54. The van der Waals surface area contributed by atoms with E-state index in [1.807, 2.05) is 24.0 Å². The lowest BCUT2D eigenvalue weighted by Gasteiger charge is -2.37. The largest absolute Gasteiger partial charge is 0.369 e. The molecule has 4 nitrogen and oxygen atoms in total. The Labute approximate surface area is 113 Å². The number of hydrogen-bond acceptors (Lipinski definition) is 3. The molecule has 1 saturated heterocycles. The number of rotatable bonds is 4. The van der Waals surface area contributed by atoms with E-state index < -0.39 is 0 Å². The van der Waals surface area contributed by atoms with Crippen LogP contribution in [0.15, 0.2) is 24.3 Å². The molecule has 0 saturated carbocycles. The predicted molar refractivity (Wildman–Crippen MR) is 72.0 cm³/mol. The molecule has 1 aromatic carbocycles. The highest BCUT2D eigenvalue weighted by Crippen LogP contribution is 2.23. The van der Waals surface area contributed by atoms with Crippen LogP contribution in [0.2, 0.25) is 0 Å². The molecular formula is C14H20FN3O. The van der Waals surface area contributed by atoms with Crippen molar-refractivity contribution in [1.29, 1.82) is 0 Å². The molecule has 1 unspecified atom stereocenters. The molecule has 0 aliphatic carbocycles. The first-order valence-corrected chi connectivity index (χ1v) is 6.57. The summed E-state index contributed by atoms with van der Waals surface area (Å²) in [5, 5.41) is 0. The maximum Gasteiger partial charge on any atom is 0.231 e. The van der Waals surface area contributed by atoms with Crippen molar-refractivity contribution in [3.05, 3.63) is 35.6 Å². The zero-order valence-corrected chi connectivity index (χ0v) is 11.2. The van der Waals surface area contributed by atoms with Crippen LogP contribution in [0, 0.1) is 5.82 Å². The van der Waals surface area contributed by atoms with E-state index in [0.29, 0.717) is 6.54 Å². The van der Waals surface area contributed by atoms with Crippen LogP contribution >= 0.6 is 0 Å². The number of carbonyl (C=O) groups excluding carboxylic acids is 1. The molecule has 0 spiro atoms. The first-order valence-electron chi connectivity index (χ1n) is 6.57. The van der Waals surface area contributed by atoms with E-state index in [9.17, 15) is 9.18 Å². The van der Waals surface area contributed by atoms with E-state index in [1.54, 1.807) is 6.07 Å². The van der Waals surface area contributed by atoms with Gasteiger partial charge in [-0.05, 0) is 13.0 Å². The third-order valence-corrected chi connectivity index (χ3v) is 3.69. The molecular weight excluding hydrogens is 245 g/mol. The zero-order valence-electron chi connectivity index (χ0n) is 11.2. The maximum absolute atomic E-state index is 13.7. The van der Waals surface area contributed by atoms with Crippen LogP contribution in [0.3, 0.4) is 0 Å². The highest BCUT2D eigenvalue weighted by Gasteiger charge is 2.23. The minimum atomic E-state index is -0.296. The fourth-order valence-electron chi connectivity index (χ4n) is 2.54. The van der Waals surface area contributed by atoms with Crippen LogP contribution in [-0.4, -0.2) is 48.4 Å². The third kappa shape index (κ3) is 3.52. The van der Waals surface area contributed by atoms with Gasteiger partial charge < -0.3 is 5.73 Å². The van der Waals surface area contributed by atoms with Crippen LogP contribution < -0.4 is 5.73 Å². The second-order valence-electron chi connectivity index (χ2n) is 4.98. The van der Waals surface area contributed by atoms with Gasteiger partial charge in [0, 0.05) is 37.8 Å². The summed E-state index contributed by atoms with van der Waals surface area (Å²) in [6.45, 7) is 5.55. The number of hydrogen-bond donors (Lipinski definition) is 1. The lowest BCUT2D eigenvalue weighted by Crippen LogP contribution is -2.49. The van der Waals surface area contributed by atoms with E-state index in [1.165, 1.54) is 6.07 Å². The first-order chi connectivity index (χ1) is 9.08. The number of piperazine rings is 1. The molecule has 104 valence electrons. The van der Waals surface area contributed by atoms with Gasteiger partial charge in [0.25, 0.3) is 0 Å². The van der Waals surface area contributed by atoms with Crippen molar-refractivity contribution in [2.75, 3.05) is 32.7 Å². The van der Waals surface area contributed by atoms with Gasteiger partial charge in [-0.1, -0.05) is 18.2 Å². The van der Waals surface area contributed by atoms with Crippen molar-refractivity contribution in [3.63, 3.8) is 0 Å². The third-order valence-electron chi connectivity index (χ3n) is 3.69. The number of carbonyl (C=O) groups is 1. The Morgan fingerprint density at radius 3 is 2.53 bits per heavy atom. The van der Waals surface area contributed by atoms with Gasteiger partial charge in [-0.15, -0.1) is 0 Å². The van der Waals surface area contributed by atoms with Crippen LogP contribution in [0.25, 0.3) is 0 Å². The van der Waals surface area contributed by atoms with Gasteiger partial charge in [0.15, 0.2) is 0 Å². The van der Waals surface area contributed by atoms with E-state index in [-0.39, 0.29) is 17.8 Å². The van der Waals surface area contributed by atoms with Crippen LogP contribution in [0.1, 0.15) is 18.5 Å². The van der Waals surface area contributed by atoms with Gasteiger partial charge in [-0.3, -0.25) is 14.6 Å². The summed E-state index contributed by atoms with van der Waals surface area (Å²) in [4.78, 5) is 15.1. The highest BCUT2D eigenvalue weighted by atomic mass is 19.1. The van der Waals surface area contributed by atoms with Crippen LogP contribution in [-0.2, 0) is 4.79 Å². The predicted octanol–water partition coefficient (Wildman–Crippen LogP) is 0.990. The van der Waals surface area contributed by atoms with Crippen molar-refractivity contribution in [2.45, 2.75) is 13.0 Å². The molecule has 0 aromatic heterocycles. The summed E-state index contributed by atoms with van der Waals surface area (Å²) in [6.07, 6.45) is 0. The van der Waals surface area contributed by atoms with Gasteiger partial charge in [-0.25, -0.2) is 4.39 Å². The molecule has 2 N–H and O–H groups in total. The zero-order chi connectivity index (χ0) is 13.8. The second-order valence-corrected chi connectivity index (χ2v) is 4.98. The molecule has 5 heteroatoms. The van der Waals surface area contributed by atoms with Gasteiger partial charge in [0.05, 0.1) is 6.54 Å². The Morgan fingerprint density at radius 1 is 1.32 bits per heavy atom. The quantitative estimate of drug-likeness (QED) is 0.883. The monoisotopic (exact) mass is 265 g/mol.